The summed E-state index contributed by atoms with van der Waals surface area (Å²) in [6.07, 6.45) is 0. The molecule has 0 unspecified atom stereocenters. The van der Waals surface area contributed by atoms with Crippen LogP contribution in [0, 0.1) is 11.6 Å². The average Bonchev–Trinajstić information content (AvgIpc) is 3.10. The summed E-state index contributed by atoms with van der Waals surface area (Å²) in [7, 11) is 0. The lowest BCUT2D eigenvalue weighted by atomic mass is 10.1. The van der Waals surface area contributed by atoms with Crippen molar-refractivity contribution in [3.05, 3.63) is 46.2 Å². The first-order valence-electron chi connectivity index (χ1n) is 5.65. The second kappa shape index (κ2) is 5.06. The molecule has 3 rings (SSSR count). The molecule has 2 heterocycles. The van der Waals surface area contributed by atoms with E-state index in [0.29, 0.717) is 11.6 Å². The molecule has 0 radical (unpaired) electrons. The van der Waals surface area contributed by atoms with E-state index in [-0.39, 0.29) is 17.3 Å². The molecule has 0 aliphatic carbocycles. The number of carbonyl (C=O) groups is 1. The number of aromatic nitrogens is 2. The largest absolute Gasteiger partial charge is 0.478 e. The van der Waals surface area contributed by atoms with Crippen molar-refractivity contribution in [2.45, 2.75) is 0 Å². The fourth-order valence-corrected chi connectivity index (χ4v) is 2.38. The lowest BCUT2D eigenvalue weighted by molar-refractivity contribution is 0.0696. The first kappa shape index (κ1) is 13.4. The highest BCUT2D eigenvalue weighted by molar-refractivity contribution is 7.08. The molecular weight excluding hydrogens is 302 g/mol. The molecule has 0 spiro atoms. The molecule has 1 aromatic carbocycles. The zero-order valence-electron chi connectivity index (χ0n) is 10.2. The summed E-state index contributed by atoms with van der Waals surface area (Å²) < 4.78 is 31.4. The van der Waals surface area contributed by atoms with Gasteiger partial charge in [-0.3, -0.25) is 0 Å². The van der Waals surface area contributed by atoms with E-state index in [2.05, 4.69) is 10.1 Å². The van der Waals surface area contributed by atoms with Gasteiger partial charge in [-0.25, -0.2) is 13.6 Å². The standard InChI is InChI=1S/C13H6F2N2O3S/c14-9-3-7(8(13(18)19)4-10(9)15)12-16-11(17-20-12)6-1-2-21-5-6/h1-5H,(H,18,19). The van der Waals surface area contributed by atoms with E-state index in [4.69, 9.17) is 9.63 Å². The summed E-state index contributed by atoms with van der Waals surface area (Å²) in [5.41, 5.74) is 0.0688. The van der Waals surface area contributed by atoms with Crippen molar-refractivity contribution in [2.75, 3.05) is 0 Å². The van der Waals surface area contributed by atoms with Gasteiger partial charge in [-0.05, 0) is 23.6 Å². The Labute approximate surface area is 120 Å². The van der Waals surface area contributed by atoms with Crippen molar-refractivity contribution >= 4 is 17.3 Å². The minimum Gasteiger partial charge on any atom is -0.478 e. The third-order valence-electron chi connectivity index (χ3n) is 2.73. The Kier molecular flexibility index (Phi) is 3.22. The number of nitrogens with zero attached hydrogens (tertiary/aromatic N) is 2. The van der Waals surface area contributed by atoms with Crippen LogP contribution in [-0.2, 0) is 0 Å². The molecule has 0 aliphatic heterocycles. The Morgan fingerprint density at radius 1 is 1.29 bits per heavy atom. The Balaban J connectivity index is 2.12. The van der Waals surface area contributed by atoms with Crippen LogP contribution in [-0.4, -0.2) is 21.2 Å². The predicted molar refractivity (Wildman–Crippen MR) is 69.9 cm³/mol. The molecule has 0 amide bonds. The molecular formula is C13H6F2N2O3S. The Hall–Kier alpha value is -2.61. The molecule has 5 nitrogen and oxygen atoms in total. The van der Waals surface area contributed by atoms with Crippen molar-refractivity contribution in [3.63, 3.8) is 0 Å². The molecule has 106 valence electrons. The topological polar surface area (TPSA) is 76.2 Å². The fourth-order valence-electron chi connectivity index (χ4n) is 1.74. The molecule has 8 heteroatoms. The Bertz CT molecular complexity index is 815. The van der Waals surface area contributed by atoms with Gasteiger partial charge in [-0.2, -0.15) is 16.3 Å². The maximum absolute atomic E-state index is 13.3. The fraction of sp³-hybridized carbons (Fsp3) is 0. The van der Waals surface area contributed by atoms with Gasteiger partial charge in [-0.1, -0.05) is 5.16 Å². The second-order valence-electron chi connectivity index (χ2n) is 4.05. The lowest BCUT2D eigenvalue weighted by Gasteiger charge is -2.02. The van der Waals surface area contributed by atoms with Crippen LogP contribution in [0.25, 0.3) is 22.8 Å². The highest BCUT2D eigenvalue weighted by Gasteiger charge is 2.21. The molecule has 0 saturated heterocycles. The highest BCUT2D eigenvalue weighted by atomic mass is 32.1. The summed E-state index contributed by atoms with van der Waals surface area (Å²) in [6.45, 7) is 0. The van der Waals surface area contributed by atoms with Crippen LogP contribution < -0.4 is 0 Å². The number of halogens is 2. The zero-order chi connectivity index (χ0) is 15.0. The van der Waals surface area contributed by atoms with Crippen molar-refractivity contribution in [1.29, 1.82) is 0 Å². The lowest BCUT2D eigenvalue weighted by Crippen LogP contribution is -2.02. The van der Waals surface area contributed by atoms with Crippen LogP contribution in [0.1, 0.15) is 10.4 Å². The maximum Gasteiger partial charge on any atom is 0.336 e. The van der Waals surface area contributed by atoms with Gasteiger partial charge in [0.2, 0.25) is 5.82 Å². The normalized spacial score (nSPS) is 10.8. The smallest absolute Gasteiger partial charge is 0.336 e. The molecule has 0 bridgehead atoms. The Morgan fingerprint density at radius 2 is 2.05 bits per heavy atom. The first-order valence-corrected chi connectivity index (χ1v) is 6.59. The molecule has 0 saturated carbocycles. The SMILES string of the molecule is O=C(O)c1cc(F)c(F)cc1-c1nc(-c2ccsc2)no1. The van der Waals surface area contributed by atoms with Gasteiger partial charge in [0.05, 0.1) is 11.1 Å². The molecule has 0 aliphatic rings. The van der Waals surface area contributed by atoms with E-state index in [1.807, 2.05) is 5.38 Å². The van der Waals surface area contributed by atoms with Gasteiger partial charge < -0.3 is 9.63 Å². The van der Waals surface area contributed by atoms with Gasteiger partial charge in [-0.15, -0.1) is 0 Å². The zero-order valence-corrected chi connectivity index (χ0v) is 11.0. The average molecular weight is 308 g/mol. The number of rotatable bonds is 3. The Morgan fingerprint density at radius 3 is 2.71 bits per heavy atom. The third kappa shape index (κ3) is 2.40. The van der Waals surface area contributed by atoms with Crippen molar-refractivity contribution in [3.8, 4) is 22.8 Å². The van der Waals surface area contributed by atoms with Gasteiger partial charge in [0.25, 0.3) is 5.89 Å². The molecule has 2 aromatic heterocycles. The number of hydrogen-bond acceptors (Lipinski definition) is 5. The van der Waals surface area contributed by atoms with E-state index in [0.717, 1.165) is 6.07 Å². The van der Waals surface area contributed by atoms with Crippen LogP contribution in [0.15, 0.2) is 33.5 Å². The number of carboxylic acid groups (broad SMARTS) is 1. The van der Waals surface area contributed by atoms with Crippen LogP contribution in [0.3, 0.4) is 0 Å². The van der Waals surface area contributed by atoms with E-state index in [1.165, 1.54) is 11.3 Å². The van der Waals surface area contributed by atoms with Crippen LogP contribution in [0.5, 0.6) is 0 Å². The van der Waals surface area contributed by atoms with Gasteiger partial charge in [0, 0.05) is 10.9 Å². The van der Waals surface area contributed by atoms with Crippen LogP contribution >= 0.6 is 11.3 Å². The molecule has 21 heavy (non-hydrogen) atoms. The van der Waals surface area contributed by atoms with Crippen LogP contribution in [0.2, 0.25) is 0 Å². The summed E-state index contributed by atoms with van der Waals surface area (Å²) in [6, 6.07) is 3.06. The molecule has 1 N–H and O–H groups in total. The quantitative estimate of drug-likeness (QED) is 0.802. The van der Waals surface area contributed by atoms with Gasteiger partial charge >= 0.3 is 5.97 Å². The van der Waals surface area contributed by atoms with E-state index in [9.17, 15) is 13.6 Å². The highest BCUT2D eigenvalue weighted by Crippen LogP contribution is 2.28. The number of carboxylic acids is 1. The first-order chi connectivity index (χ1) is 10.1. The van der Waals surface area contributed by atoms with Crippen molar-refractivity contribution in [1.82, 2.24) is 10.1 Å². The number of hydrogen-bond donors (Lipinski definition) is 1. The summed E-state index contributed by atoms with van der Waals surface area (Å²) in [5.74, 6) is -3.81. The summed E-state index contributed by atoms with van der Waals surface area (Å²) in [4.78, 5) is 15.1. The summed E-state index contributed by atoms with van der Waals surface area (Å²) in [5, 5.41) is 16.3. The molecule has 0 atom stereocenters. The maximum atomic E-state index is 13.3. The van der Waals surface area contributed by atoms with E-state index in [1.54, 1.807) is 11.4 Å². The van der Waals surface area contributed by atoms with Crippen molar-refractivity contribution < 1.29 is 23.2 Å². The minimum absolute atomic E-state index is 0.171. The third-order valence-corrected chi connectivity index (χ3v) is 3.41. The monoisotopic (exact) mass is 308 g/mol. The number of benzene rings is 1. The molecule has 0 fully saturated rings. The van der Waals surface area contributed by atoms with Crippen molar-refractivity contribution in [2.24, 2.45) is 0 Å². The predicted octanol–water partition coefficient (Wildman–Crippen LogP) is 3.44. The van der Waals surface area contributed by atoms with E-state index >= 15 is 0 Å². The minimum atomic E-state index is -1.42. The van der Waals surface area contributed by atoms with E-state index < -0.39 is 23.2 Å². The second-order valence-corrected chi connectivity index (χ2v) is 4.83. The van der Waals surface area contributed by atoms with Gasteiger partial charge in [0.15, 0.2) is 11.6 Å². The number of thiophene rings is 1. The molecule has 3 aromatic rings. The van der Waals surface area contributed by atoms with Gasteiger partial charge in [0.1, 0.15) is 0 Å². The van der Waals surface area contributed by atoms with Crippen LogP contribution in [0.4, 0.5) is 8.78 Å². The summed E-state index contributed by atoms with van der Waals surface area (Å²) >= 11 is 1.43. The number of aromatic carboxylic acids is 1.